The molecule has 0 saturated carbocycles. The highest BCUT2D eigenvalue weighted by molar-refractivity contribution is 6.32. The van der Waals surface area contributed by atoms with Crippen LogP contribution in [0, 0.1) is 0 Å². The summed E-state index contributed by atoms with van der Waals surface area (Å²) in [6, 6.07) is 14.2. The summed E-state index contributed by atoms with van der Waals surface area (Å²) in [4.78, 5) is 28.9. The summed E-state index contributed by atoms with van der Waals surface area (Å²) in [5.74, 6) is 0.211. The van der Waals surface area contributed by atoms with Gasteiger partial charge in [0.05, 0.1) is 12.1 Å². The first kappa shape index (κ1) is 20.8. The standard InChI is InChI=1S/C21H25ClN4O3/c1-15(20(27)24-16-8-9-19(29-2)18(22)14-16)23-21(28)26-12-10-25(11-13-26)17-6-4-3-5-7-17/h3-9,14-15H,10-13H2,1-2H3,(H,23,28)(H,24,27)/t15-/m0/s1. The lowest BCUT2D eigenvalue weighted by Crippen LogP contribution is -2.54. The molecule has 1 heterocycles. The van der Waals surface area contributed by atoms with Gasteiger partial charge in [0, 0.05) is 37.6 Å². The second kappa shape index (κ2) is 9.52. The molecule has 29 heavy (non-hydrogen) atoms. The number of carbonyl (C=O) groups excluding carboxylic acids is 2. The Morgan fingerprint density at radius 3 is 2.38 bits per heavy atom. The zero-order chi connectivity index (χ0) is 20.8. The molecule has 7 nitrogen and oxygen atoms in total. The van der Waals surface area contributed by atoms with Crippen LogP contribution in [0.1, 0.15) is 6.92 Å². The average molecular weight is 417 g/mol. The van der Waals surface area contributed by atoms with Gasteiger partial charge in [-0.1, -0.05) is 29.8 Å². The van der Waals surface area contributed by atoms with E-state index in [2.05, 4.69) is 27.7 Å². The number of nitrogens with zero attached hydrogens (tertiary/aromatic N) is 2. The second-order valence-electron chi connectivity index (χ2n) is 6.82. The summed E-state index contributed by atoms with van der Waals surface area (Å²) >= 11 is 6.08. The van der Waals surface area contributed by atoms with Crippen molar-refractivity contribution >= 4 is 34.9 Å². The molecule has 0 radical (unpaired) electrons. The number of amides is 3. The van der Waals surface area contributed by atoms with E-state index in [0.29, 0.717) is 29.5 Å². The van der Waals surface area contributed by atoms with Gasteiger partial charge in [0.15, 0.2) is 0 Å². The summed E-state index contributed by atoms with van der Waals surface area (Å²) in [6.07, 6.45) is 0. The van der Waals surface area contributed by atoms with Gasteiger partial charge in [-0.05, 0) is 37.3 Å². The van der Waals surface area contributed by atoms with E-state index in [4.69, 9.17) is 16.3 Å². The fourth-order valence-corrected chi connectivity index (χ4v) is 3.40. The molecule has 1 atom stereocenters. The van der Waals surface area contributed by atoms with Gasteiger partial charge in [0.25, 0.3) is 0 Å². The number of nitrogens with one attached hydrogen (secondary N) is 2. The third kappa shape index (κ3) is 5.32. The molecule has 1 aliphatic heterocycles. The van der Waals surface area contributed by atoms with Crippen molar-refractivity contribution in [3.05, 3.63) is 53.6 Å². The first-order valence-corrected chi connectivity index (χ1v) is 9.85. The Morgan fingerprint density at radius 1 is 1.07 bits per heavy atom. The Morgan fingerprint density at radius 2 is 1.76 bits per heavy atom. The molecule has 1 saturated heterocycles. The van der Waals surface area contributed by atoms with Gasteiger partial charge in [-0.15, -0.1) is 0 Å². The fourth-order valence-electron chi connectivity index (χ4n) is 3.14. The Balaban J connectivity index is 1.49. The first-order valence-electron chi connectivity index (χ1n) is 9.48. The van der Waals surface area contributed by atoms with Crippen LogP contribution in [0.25, 0.3) is 0 Å². The van der Waals surface area contributed by atoms with Gasteiger partial charge in [-0.3, -0.25) is 4.79 Å². The van der Waals surface area contributed by atoms with Crippen LogP contribution in [0.5, 0.6) is 5.75 Å². The lowest BCUT2D eigenvalue weighted by atomic mass is 10.2. The van der Waals surface area contributed by atoms with Crippen LogP contribution in [-0.4, -0.2) is 56.2 Å². The van der Waals surface area contributed by atoms with Crippen molar-refractivity contribution in [3.63, 3.8) is 0 Å². The van der Waals surface area contributed by atoms with E-state index in [1.54, 1.807) is 30.0 Å². The zero-order valence-corrected chi connectivity index (χ0v) is 17.3. The molecule has 0 unspecified atom stereocenters. The molecular formula is C21H25ClN4O3. The number of urea groups is 1. The normalized spacial score (nSPS) is 14.9. The third-order valence-electron chi connectivity index (χ3n) is 4.84. The zero-order valence-electron chi connectivity index (χ0n) is 16.5. The van der Waals surface area contributed by atoms with Crippen molar-refractivity contribution in [3.8, 4) is 5.75 Å². The predicted octanol–water partition coefficient (Wildman–Crippen LogP) is 3.21. The van der Waals surface area contributed by atoms with Crippen molar-refractivity contribution < 1.29 is 14.3 Å². The van der Waals surface area contributed by atoms with Crippen LogP contribution in [0.2, 0.25) is 5.02 Å². The van der Waals surface area contributed by atoms with Crippen LogP contribution in [0.4, 0.5) is 16.2 Å². The molecule has 1 fully saturated rings. The number of carbonyl (C=O) groups is 2. The number of ether oxygens (including phenoxy) is 1. The second-order valence-corrected chi connectivity index (χ2v) is 7.23. The molecule has 3 amide bonds. The molecular weight excluding hydrogens is 392 g/mol. The van der Waals surface area contributed by atoms with Gasteiger partial charge < -0.3 is 25.2 Å². The SMILES string of the molecule is COc1ccc(NC(=O)[C@H](C)NC(=O)N2CCN(c3ccccc3)CC2)cc1Cl. The number of methoxy groups -OCH3 is 1. The highest BCUT2D eigenvalue weighted by atomic mass is 35.5. The Labute approximate surface area is 175 Å². The molecule has 3 rings (SSSR count). The number of halogens is 1. The summed E-state index contributed by atoms with van der Waals surface area (Å²) in [7, 11) is 1.52. The molecule has 154 valence electrons. The van der Waals surface area contributed by atoms with Crippen LogP contribution in [-0.2, 0) is 4.79 Å². The molecule has 1 aliphatic rings. The van der Waals surface area contributed by atoms with E-state index in [-0.39, 0.29) is 11.9 Å². The van der Waals surface area contributed by atoms with Crippen molar-refractivity contribution in [2.45, 2.75) is 13.0 Å². The minimum Gasteiger partial charge on any atom is -0.495 e. The van der Waals surface area contributed by atoms with E-state index in [1.807, 2.05) is 18.2 Å². The molecule has 2 N–H and O–H groups in total. The number of piperazine rings is 1. The molecule has 0 aromatic heterocycles. The summed E-state index contributed by atoms with van der Waals surface area (Å²) in [5.41, 5.74) is 1.69. The molecule has 0 aliphatic carbocycles. The summed E-state index contributed by atoms with van der Waals surface area (Å²) in [6.45, 7) is 4.36. The molecule has 8 heteroatoms. The van der Waals surface area contributed by atoms with E-state index < -0.39 is 6.04 Å². The van der Waals surface area contributed by atoms with Crippen LogP contribution >= 0.6 is 11.6 Å². The van der Waals surface area contributed by atoms with Crippen LogP contribution < -0.4 is 20.3 Å². The minimum absolute atomic E-state index is 0.242. The number of hydrogen-bond acceptors (Lipinski definition) is 4. The number of para-hydroxylation sites is 1. The van der Waals surface area contributed by atoms with Crippen LogP contribution in [0.15, 0.2) is 48.5 Å². The number of rotatable bonds is 5. The highest BCUT2D eigenvalue weighted by Gasteiger charge is 2.24. The van der Waals surface area contributed by atoms with Gasteiger partial charge in [0.2, 0.25) is 5.91 Å². The highest BCUT2D eigenvalue weighted by Crippen LogP contribution is 2.27. The average Bonchev–Trinajstić information content (AvgIpc) is 2.74. The molecule has 2 aromatic carbocycles. The van der Waals surface area contributed by atoms with Crippen molar-refractivity contribution in [2.75, 3.05) is 43.5 Å². The number of hydrogen-bond donors (Lipinski definition) is 2. The van der Waals surface area contributed by atoms with Gasteiger partial charge in [0.1, 0.15) is 11.8 Å². The Kier molecular flexibility index (Phi) is 6.82. The molecule has 0 bridgehead atoms. The number of anilines is 2. The summed E-state index contributed by atoms with van der Waals surface area (Å²) in [5, 5.41) is 5.91. The molecule has 0 spiro atoms. The lowest BCUT2D eigenvalue weighted by molar-refractivity contribution is -0.117. The Hall–Kier alpha value is -2.93. The topological polar surface area (TPSA) is 73.9 Å². The van der Waals surface area contributed by atoms with Crippen molar-refractivity contribution in [1.82, 2.24) is 10.2 Å². The quantitative estimate of drug-likeness (QED) is 0.784. The van der Waals surface area contributed by atoms with E-state index >= 15 is 0 Å². The number of benzene rings is 2. The maximum atomic E-state index is 12.5. The van der Waals surface area contributed by atoms with Crippen LogP contribution in [0.3, 0.4) is 0 Å². The van der Waals surface area contributed by atoms with Crippen molar-refractivity contribution in [1.29, 1.82) is 0 Å². The monoisotopic (exact) mass is 416 g/mol. The van der Waals surface area contributed by atoms with Gasteiger partial charge >= 0.3 is 6.03 Å². The van der Waals surface area contributed by atoms with Gasteiger partial charge in [-0.25, -0.2) is 4.79 Å². The fraction of sp³-hybridized carbons (Fsp3) is 0.333. The maximum absolute atomic E-state index is 12.5. The smallest absolute Gasteiger partial charge is 0.318 e. The minimum atomic E-state index is -0.685. The predicted molar refractivity (Wildman–Crippen MR) is 115 cm³/mol. The molecule has 2 aromatic rings. The van der Waals surface area contributed by atoms with Gasteiger partial charge in [-0.2, -0.15) is 0 Å². The lowest BCUT2D eigenvalue weighted by Gasteiger charge is -2.36. The third-order valence-corrected chi connectivity index (χ3v) is 5.14. The van der Waals surface area contributed by atoms with E-state index in [1.165, 1.54) is 7.11 Å². The van der Waals surface area contributed by atoms with E-state index in [9.17, 15) is 9.59 Å². The first-order chi connectivity index (χ1) is 14.0. The Bertz CT molecular complexity index is 854. The van der Waals surface area contributed by atoms with Crippen molar-refractivity contribution in [2.24, 2.45) is 0 Å². The van der Waals surface area contributed by atoms with E-state index in [0.717, 1.165) is 18.8 Å². The summed E-state index contributed by atoms with van der Waals surface area (Å²) < 4.78 is 5.10. The maximum Gasteiger partial charge on any atom is 0.318 e. The largest absolute Gasteiger partial charge is 0.495 e.